The summed E-state index contributed by atoms with van der Waals surface area (Å²) in [7, 11) is 0. The lowest BCUT2D eigenvalue weighted by Gasteiger charge is -2.30. The van der Waals surface area contributed by atoms with Gasteiger partial charge in [-0.05, 0) is 37.3 Å². The lowest BCUT2D eigenvalue weighted by atomic mass is 9.97. The number of fused-ring (bicyclic) bond motifs is 1. The van der Waals surface area contributed by atoms with Crippen molar-refractivity contribution in [1.29, 1.82) is 0 Å². The Morgan fingerprint density at radius 3 is 2.68 bits per heavy atom. The fraction of sp³-hybridized carbons (Fsp3) is 0.476. The molecule has 1 saturated heterocycles. The lowest BCUT2D eigenvalue weighted by molar-refractivity contribution is -0.129. The first kappa shape index (κ1) is 18.9. The highest BCUT2D eigenvalue weighted by Crippen LogP contribution is 2.36. The van der Waals surface area contributed by atoms with E-state index in [4.69, 9.17) is 4.98 Å². The molecule has 1 atom stereocenters. The fourth-order valence-corrected chi connectivity index (χ4v) is 5.20. The SMILES string of the molecule is CC(=O)N1CCC(c2nc3cc(C4=CC[C@H](C)CN4C(=O)O)ccc3s2)CC1. The molecule has 2 aliphatic heterocycles. The van der Waals surface area contributed by atoms with Gasteiger partial charge < -0.3 is 10.0 Å². The van der Waals surface area contributed by atoms with Crippen molar-refractivity contribution in [3.8, 4) is 0 Å². The molecule has 148 valence electrons. The summed E-state index contributed by atoms with van der Waals surface area (Å²) >= 11 is 1.71. The predicted molar refractivity (Wildman–Crippen MR) is 110 cm³/mol. The number of rotatable bonds is 2. The molecule has 1 aromatic carbocycles. The zero-order chi connectivity index (χ0) is 19.8. The first-order valence-corrected chi connectivity index (χ1v) is 10.6. The Kier molecular flexibility index (Phi) is 5.10. The van der Waals surface area contributed by atoms with E-state index >= 15 is 0 Å². The minimum atomic E-state index is -0.908. The number of amides is 2. The van der Waals surface area contributed by atoms with Crippen LogP contribution in [0, 0.1) is 5.92 Å². The second-order valence-corrected chi connectivity index (χ2v) is 8.90. The van der Waals surface area contributed by atoms with E-state index in [-0.39, 0.29) is 5.91 Å². The third-order valence-corrected chi connectivity index (χ3v) is 6.92. The van der Waals surface area contributed by atoms with Crippen molar-refractivity contribution in [3.63, 3.8) is 0 Å². The van der Waals surface area contributed by atoms with Crippen molar-refractivity contribution in [1.82, 2.24) is 14.8 Å². The first-order valence-electron chi connectivity index (χ1n) is 9.79. The Labute approximate surface area is 168 Å². The molecule has 4 rings (SSSR count). The van der Waals surface area contributed by atoms with Gasteiger partial charge in [-0.3, -0.25) is 9.69 Å². The van der Waals surface area contributed by atoms with Crippen LogP contribution in [-0.4, -0.2) is 51.5 Å². The van der Waals surface area contributed by atoms with Gasteiger partial charge in [-0.1, -0.05) is 19.1 Å². The number of carboxylic acid groups (broad SMARTS) is 1. The van der Waals surface area contributed by atoms with Gasteiger partial charge in [-0.15, -0.1) is 11.3 Å². The van der Waals surface area contributed by atoms with E-state index in [1.54, 1.807) is 18.3 Å². The van der Waals surface area contributed by atoms with Crippen molar-refractivity contribution < 1.29 is 14.7 Å². The molecule has 28 heavy (non-hydrogen) atoms. The summed E-state index contributed by atoms with van der Waals surface area (Å²) < 4.78 is 1.12. The Hall–Kier alpha value is -2.41. The van der Waals surface area contributed by atoms with E-state index in [9.17, 15) is 14.7 Å². The van der Waals surface area contributed by atoms with Gasteiger partial charge in [-0.25, -0.2) is 9.78 Å². The van der Waals surface area contributed by atoms with Crippen molar-refractivity contribution >= 4 is 39.3 Å². The normalized spacial score (nSPS) is 21.1. The molecule has 0 unspecified atom stereocenters. The molecular weight excluding hydrogens is 374 g/mol. The number of carbonyl (C=O) groups excluding carboxylic acids is 1. The van der Waals surface area contributed by atoms with Gasteiger partial charge in [0, 0.05) is 38.0 Å². The average molecular weight is 400 g/mol. The summed E-state index contributed by atoms with van der Waals surface area (Å²) in [6, 6.07) is 6.06. The molecule has 0 radical (unpaired) electrons. The summed E-state index contributed by atoms with van der Waals surface area (Å²) in [5, 5.41) is 10.7. The Bertz CT molecular complexity index is 944. The molecule has 1 N–H and O–H groups in total. The van der Waals surface area contributed by atoms with Gasteiger partial charge in [0.1, 0.15) is 0 Å². The van der Waals surface area contributed by atoms with Crippen LogP contribution < -0.4 is 0 Å². The molecule has 7 heteroatoms. The number of allylic oxidation sites excluding steroid dienone is 1. The molecule has 0 aliphatic carbocycles. The molecule has 1 fully saturated rings. The van der Waals surface area contributed by atoms with Gasteiger partial charge in [0.2, 0.25) is 5.91 Å². The summed E-state index contributed by atoms with van der Waals surface area (Å²) in [6.45, 7) is 5.80. The highest BCUT2D eigenvalue weighted by Gasteiger charge is 2.26. The summed E-state index contributed by atoms with van der Waals surface area (Å²) in [5.41, 5.74) is 2.60. The van der Waals surface area contributed by atoms with E-state index in [0.29, 0.717) is 18.4 Å². The highest BCUT2D eigenvalue weighted by molar-refractivity contribution is 7.18. The van der Waals surface area contributed by atoms with Crippen LogP contribution in [0.4, 0.5) is 4.79 Å². The molecule has 1 aromatic heterocycles. The Morgan fingerprint density at radius 2 is 2.00 bits per heavy atom. The predicted octanol–water partition coefficient (Wildman–Crippen LogP) is 4.38. The first-order chi connectivity index (χ1) is 13.4. The number of benzene rings is 1. The van der Waals surface area contributed by atoms with Crippen LogP contribution in [0.25, 0.3) is 15.9 Å². The summed E-state index contributed by atoms with van der Waals surface area (Å²) in [4.78, 5) is 31.4. The Balaban J connectivity index is 1.59. The van der Waals surface area contributed by atoms with Crippen molar-refractivity contribution in [2.24, 2.45) is 5.92 Å². The summed E-state index contributed by atoms with van der Waals surface area (Å²) in [6.07, 6.45) is 3.89. The molecule has 2 amide bonds. The van der Waals surface area contributed by atoms with Crippen LogP contribution in [0.3, 0.4) is 0 Å². The van der Waals surface area contributed by atoms with Crippen LogP contribution in [0.5, 0.6) is 0 Å². The van der Waals surface area contributed by atoms with Gasteiger partial charge in [0.15, 0.2) is 0 Å². The molecule has 2 aliphatic rings. The average Bonchev–Trinajstić information content (AvgIpc) is 3.11. The van der Waals surface area contributed by atoms with E-state index in [0.717, 1.165) is 58.8 Å². The second kappa shape index (κ2) is 7.54. The molecule has 2 aromatic rings. The van der Waals surface area contributed by atoms with Crippen molar-refractivity contribution in [2.75, 3.05) is 19.6 Å². The smallest absolute Gasteiger partial charge is 0.411 e. The zero-order valence-electron chi connectivity index (χ0n) is 16.2. The fourth-order valence-electron chi connectivity index (χ4n) is 4.08. The maximum absolute atomic E-state index is 11.7. The maximum atomic E-state index is 11.7. The summed E-state index contributed by atoms with van der Waals surface area (Å²) in [5.74, 6) is 0.863. The van der Waals surface area contributed by atoms with Gasteiger partial charge in [0.25, 0.3) is 0 Å². The number of nitrogens with zero attached hydrogens (tertiary/aromatic N) is 3. The number of hydrogen-bond acceptors (Lipinski definition) is 4. The number of piperidine rings is 1. The van der Waals surface area contributed by atoms with Crippen LogP contribution >= 0.6 is 11.3 Å². The van der Waals surface area contributed by atoms with Gasteiger partial charge in [-0.2, -0.15) is 0 Å². The third kappa shape index (κ3) is 3.63. The largest absolute Gasteiger partial charge is 0.465 e. The standard InChI is InChI=1S/C21H25N3O3S/c1-13-3-5-18(24(12-13)21(26)27)16-4-6-19-17(11-16)22-20(28-19)15-7-9-23(10-8-15)14(2)25/h4-6,11,13,15H,3,7-10,12H2,1-2H3,(H,26,27)/t13-/m0/s1. The molecular formula is C21H25N3O3S. The third-order valence-electron chi connectivity index (χ3n) is 5.72. The number of thiazole rings is 1. The zero-order valence-corrected chi connectivity index (χ0v) is 17.0. The van der Waals surface area contributed by atoms with Gasteiger partial charge in [0.05, 0.1) is 20.9 Å². The monoisotopic (exact) mass is 399 g/mol. The van der Waals surface area contributed by atoms with Gasteiger partial charge >= 0.3 is 6.09 Å². The number of aromatic nitrogens is 1. The molecule has 0 spiro atoms. The van der Waals surface area contributed by atoms with Crippen LogP contribution in [0.2, 0.25) is 0 Å². The van der Waals surface area contributed by atoms with E-state index < -0.39 is 6.09 Å². The lowest BCUT2D eigenvalue weighted by Crippen LogP contribution is -2.36. The molecule has 0 bridgehead atoms. The second-order valence-electron chi connectivity index (χ2n) is 7.84. The van der Waals surface area contributed by atoms with E-state index in [1.807, 2.05) is 23.1 Å². The number of likely N-dealkylation sites (tertiary alicyclic amines) is 1. The van der Waals surface area contributed by atoms with Crippen molar-refractivity contribution in [2.45, 2.75) is 39.0 Å². The van der Waals surface area contributed by atoms with Crippen LogP contribution in [-0.2, 0) is 4.79 Å². The topological polar surface area (TPSA) is 73.7 Å². The van der Waals surface area contributed by atoms with Crippen LogP contribution in [0.1, 0.15) is 49.6 Å². The maximum Gasteiger partial charge on any atom is 0.411 e. The van der Waals surface area contributed by atoms with E-state index in [2.05, 4.69) is 13.0 Å². The quantitative estimate of drug-likeness (QED) is 0.813. The molecule has 6 nitrogen and oxygen atoms in total. The van der Waals surface area contributed by atoms with Crippen molar-refractivity contribution in [3.05, 3.63) is 34.8 Å². The number of carbonyl (C=O) groups is 2. The van der Waals surface area contributed by atoms with E-state index in [1.165, 1.54) is 4.90 Å². The minimum Gasteiger partial charge on any atom is -0.465 e. The minimum absolute atomic E-state index is 0.144. The Morgan fingerprint density at radius 1 is 1.25 bits per heavy atom. The number of hydrogen-bond donors (Lipinski definition) is 1. The molecule has 0 saturated carbocycles. The molecule has 3 heterocycles. The highest BCUT2D eigenvalue weighted by atomic mass is 32.1. The van der Waals surface area contributed by atoms with Crippen LogP contribution in [0.15, 0.2) is 24.3 Å².